The van der Waals surface area contributed by atoms with Crippen molar-refractivity contribution >= 4 is 40.1 Å². The highest BCUT2D eigenvalue weighted by atomic mass is 127. The molecule has 1 rings (SSSR count). The second-order valence-electron chi connectivity index (χ2n) is 2.08. The van der Waals surface area contributed by atoms with Gasteiger partial charge in [-0.1, -0.05) is 11.6 Å². The number of benzene rings is 1. The Morgan fingerprint density at radius 1 is 1.58 bits per heavy atom. The zero-order valence-corrected chi connectivity index (χ0v) is 8.69. The van der Waals surface area contributed by atoms with Crippen molar-refractivity contribution in [1.82, 2.24) is 0 Å². The molecule has 0 aliphatic heterocycles. The van der Waals surface area contributed by atoms with Gasteiger partial charge in [0.2, 0.25) is 0 Å². The molecule has 0 atom stereocenters. The Hall–Kier alpha value is -0.360. The van der Waals surface area contributed by atoms with Gasteiger partial charge >= 0.3 is 0 Å². The molecule has 0 radical (unpaired) electrons. The average molecular weight is 299 g/mol. The summed E-state index contributed by atoms with van der Waals surface area (Å²) < 4.78 is 13.3. The van der Waals surface area contributed by atoms with Crippen LogP contribution in [0, 0.1) is 9.39 Å². The molecule has 12 heavy (non-hydrogen) atoms. The van der Waals surface area contributed by atoms with Crippen LogP contribution >= 0.6 is 34.2 Å². The van der Waals surface area contributed by atoms with Crippen molar-refractivity contribution in [2.24, 2.45) is 5.73 Å². The number of carbonyl (C=O) groups is 1. The molecule has 0 fully saturated rings. The molecule has 1 aromatic carbocycles. The molecule has 0 aliphatic carbocycles. The molecule has 0 saturated heterocycles. The molecule has 5 heteroatoms. The fourth-order valence-corrected chi connectivity index (χ4v) is 1.89. The van der Waals surface area contributed by atoms with Gasteiger partial charge in [-0.05, 0) is 34.7 Å². The van der Waals surface area contributed by atoms with Crippen molar-refractivity contribution in [2.45, 2.75) is 0 Å². The third-order valence-corrected chi connectivity index (χ3v) is 2.56. The molecular formula is C7H4ClFINO. The second-order valence-corrected chi connectivity index (χ2v) is 3.62. The first kappa shape index (κ1) is 9.73. The summed E-state index contributed by atoms with van der Waals surface area (Å²) in [6, 6.07) is 2.64. The highest BCUT2D eigenvalue weighted by Crippen LogP contribution is 2.24. The van der Waals surface area contributed by atoms with Crippen LogP contribution in [0.15, 0.2) is 12.1 Å². The van der Waals surface area contributed by atoms with Gasteiger partial charge in [-0.2, -0.15) is 0 Å². The van der Waals surface area contributed by atoms with Gasteiger partial charge in [0.1, 0.15) is 5.82 Å². The molecule has 1 amide bonds. The molecule has 0 spiro atoms. The Bertz CT molecular complexity index is 342. The summed E-state index contributed by atoms with van der Waals surface area (Å²) in [4.78, 5) is 10.8. The smallest absolute Gasteiger partial charge is 0.251 e. The summed E-state index contributed by atoms with van der Waals surface area (Å²) in [5.74, 6) is -1.35. The molecule has 1 aromatic rings. The van der Waals surface area contributed by atoms with Gasteiger partial charge in [0, 0.05) is 3.57 Å². The van der Waals surface area contributed by atoms with Gasteiger partial charge < -0.3 is 5.73 Å². The SMILES string of the molecule is NC(=O)c1c(I)ccc(F)c1Cl. The summed E-state index contributed by atoms with van der Waals surface area (Å²) in [5.41, 5.74) is 5.03. The van der Waals surface area contributed by atoms with Crippen LogP contribution in [-0.2, 0) is 0 Å². The average Bonchev–Trinajstić information content (AvgIpc) is 1.97. The van der Waals surface area contributed by atoms with Gasteiger partial charge in [0.15, 0.2) is 0 Å². The molecule has 2 N–H and O–H groups in total. The summed E-state index contributed by atoms with van der Waals surface area (Å²) >= 11 is 7.38. The van der Waals surface area contributed by atoms with Crippen LogP contribution in [-0.4, -0.2) is 5.91 Å². The van der Waals surface area contributed by atoms with E-state index in [9.17, 15) is 9.18 Å². The third-order valence-electron chi connectivity index (χ3n) is 1.29. The fourth-order valence-electron chi connectivity index (χ4n) is 0.753. The molecular weight excluding hydrogens is 295 g/mol. The topological polar surface area (TPSA) is 43.1 Å². The standard InChI is InChI=1S/C7H4ClFINO/c8-6-3(9)1-2-4(10)5(6)7(11)12/h1-2H,(H2,11,12). The molecule has 0 heterocycles. The van der Waals surface area contributed by atoms with E-state index in [2.05, 4.69) is 0 Å². The van der Waals surface area contributed by atoms with E-state index in [1.807, 2.05) is 22.6 Å². The maximum Gasteiger partial charge on any atom is 0.251 e. The first-order valence-corrected chi connectivity index (χ1v) is 4.43. The zero-order chi connectivity index (χ0) is 9.30. The number of primary amides is 1. The summed E-state index contributed by atoms with van der Waals surface area (Å²) in [7, 11) is 0. The Morgan fingerprint density at radius 3 is 2.58 bits per heavy atom. The number of hydrogen-bond donors (Lipinski definition) is 1. The van der Waals surface area contributed by atoms with Crippen LogP contribution in [0.5, 0.6) is 0 Å². The minimum absolute atomic E-state index is 0.0391. The fraction of sp³-hybridized carbons (Fsp3) is 0. The summed E-state index contributed by atoms with van der Waals surface area (Å²) in [6.45, 7) is 0. The molecule has 0 unspecified atom stereocenters. The highest BCUT2D eigenvalue weighted by Gasteiger charge is 2.14. The summed E-state index contributed by atoms with van der Waals surface area (Å²) in [5, 5.41) is -0.214. The lowest BCUT2D eigenvalue weighted by Crippen LogP contribution is -2.14. The molecule has 0 aromatic heterocycles. The van der Waals surface area contributed by atoms with E-state index >= 15 is 0 Å². The summed E-state index contributed by atoms with van der Waals surface area (Å²) in [6.07, 6.45) is 0. The third kappa shape index (κ3) is 1.69. The Balaban J connectivity index is 3.43. The van der Waals surface area contributed by atoms with E-state index in [0.717, 1.165) is 0 Å². The van der Waals surface area contributed by atoms with E-state index in [1.165, 1.54) is 12.1 Å². The lowest BCUT2D eigenvalue weighted by molar-refractivity contribution is 0.0999. The molecule has 0 aliphatic rings. The van der Waals surface area contributed by atoms with Gasteiger partial charge in [-0.3, -0.25) is 4.79 Å². The van der Waals surface area contributed by atoms with Crippen LogP contribution in [0.25, 0.3) is 0 Å². The number of amides is 1. The number of carbonyl (C=O) groups excluding carboxylic acids is 1. The van der Waals surface area contributed by atoms with E-state index in [1.54, 1.807) is 0 Å². The number of rotatable bonds is 1. The van der Waals surface area contributed by atoms with Gasteiger partial charge in [0.05, 0.1) is 10.6 Å². The predicted molar refractivity (Wildman–Crippen MR) is 52.6 cm³/mol. The minimum atomic E-state index is -0.719. The Morgan fingerprint density at radius 2 is 2.17 bits per heavy atom. The van der Waals surface area contributed by atoms with E-state index in [-0.39, 0.29) is 10.6 Å². The van der Waals surface area contributed by atoms with E-state index in [0.29, 0.717) is 3.57 Å². The van der Waals surface area contributed by atoms with Crippen molar-refractivity contribution in [3.8, 4) is 0 Å². The van der Waals surface area contributed by atoms with Crippen molar-refractivity contribution in [3.05, 3.63) is 32.1 Å². The van der Waals surface area contributed by atoms with E-state index < -0.39 is 11.7 Å². The van der Waals surface area contributed by atoms with Gasteiger partial charge in [-0.25, -0.2) is 4.39 Å². The number of halogens is 3. The minimum Gasteiger partial charge on any atom is -0.366 e. The lowest BCUT2D eigenvalue weighted by atomic mass is 10.2. The van der Waals surface area contributed by atoms with Gasteiger partial charge in [0.25, 0.3) is 5.91 Å². The normalized spacial score (nSPS) is 9.92. The number of hydrogen-bond acceptors (Lipinski definition) is 1. The van der Waals surface area contributed by atoms with Crippen LogP contribution in [0.3, 0.4) is 0 Å². The molecule has 64 valence electrons. The maximum absolute atomic E-state index is 12.8. The Kier molecular flexibility index (Phi) is 2.89. The zero-order valence-electron chi connectivity index (χ0n) is 5.77. The molecule has 0 saturated carbocycles. The Labute approximate surface area is 87.0 Å². The van der Waals surface area contributed by atoms with Crippen molar-refractivity contribution in [2.75, 3.05) is 0 Å². The number of nitrogens with two attached hydrogens (primary N) is 1. The van der Waals surface area contributed by atoms with Gasteiger partial charge in [-0.15, -0.1) is 0 Å². The molecule has 2 nitrogen and oxygen atoms in total. The first-order valence-electron chi connectivity index (χ1n) is 2.97. The molecule has 0 bridgehead atoms. The lowest BCUT2D eigenvalue weighted by Gasteiger charge is -2.02. The van der Waals surface area contributed by atoms with Crippen molar-refractivity contribution in [3.63, 3.8) is 0 Å². The van der Waals surface area contributed by atoms with Crippen LogP contribution in [0.4, 0.5) is 4.39 Å². The monoisotopic (exact) mass is 299 g/mol. The maximum atomic E-state index is 12.8. The quantitative estimate of drug-likeness (QED) is 0.627. The van der Waals surface area contributed by atoms with Crippen LogP contribution in [0.2, 0.25) is 5.02 Å². The van der Waals surface area contributed by atoms with Crippen LogP contribution < -0.4 is 5.73 Å². The van der Waals surface area contributed by atoms with Crippen molar-refractivity contribution in [1.29, 1.82) is 0 Å². The highest BCUT2D eigenvalue weighted by molar-refractivity contribution is 14.1. The second kappa shape index (κ2) is 3.57. The van der Waals surface area contributed by atoms with Crippen molar-refractivity contribution < 1.29 is 9.18 Å². The van der Waals surface area contributed by atoms with E-state index in [4.69, 9.17) is 17.3 Å². The largest absolute Gasteiger partial charge is 0.366 e. The van der Waals surface area contributed by atoms with Crippen LogP contribution in [0.1, 0.15) is 10.4 Å². The predicted octanol–water partition coefficient (Wildman–Crippen LogP) is 2.18. The first-order chi connectivity index (χ1) is 5.54.